The van der Waals surface area contributed by atoms with Crippen molar-refractivity contribution < 1.29 is 23.1 Å². The predicted octanol–water partition coefficient (Wildman–Crippen LogP) is 2.66. The summed E-state index contributed by atoms with van der Waals surface area (Å²) >= 11 is 5.22. The Bertz CT molecular complexity index is 379. The average Bonchev–Trinajstić information content (AvgIpc) is 2.09. The zero-order valence-corrected chi connectivity index (χ0v) is 7.36. The Balaban J connectivity index is 3.33. The summed E-state index contributed by atoms with van der Waals surface area (Å²) in [5.74, 6) is -8.10. The Morgan fingerprint density at radius 1 is 1.43 bits per heavy atom. The minimum atomic E-state index is -4.27. The highest BCUT2D eigenvalue weighted by molar-refractivity contribution is 6.30. The van der Waals surface area contributed by atoms with Gasteiger partial charge in [0, 0.05) is 0 Å². The van der Waals surface area contributed by atoms with Crippen LogP contribution in [0.4, 0.5) is 13.2 Å². The number of aliphatic carboxylic acids is 1. The molecule has 0 aromatic heterocycles. The summed E-state index contributed by atoms with van der Waals surface area (Å²) in [6.07, 6.45) is 0. The van der Waals surface area contributed by atoms with E-state index in [1.165, 1.54) is 0 Å². The van der Waals surface area contributed by atoms with Crippen molar-refractivity contribution in [1.82, 2.24) is 0 Å². The summed E-state index contributed by atoms with van der Waals surface area (Å²) in [4.78, 5) is 10.1. The summed E-state index contributed by atoms with van der Waals surface area (Å²) in [5, 5.41) is 7.61. The van der Waals surface area contributed by atoms with E-state index < -0.39 is 28.3 Å². The van der Waals surface area contributed by atoms with Gasteiger partial charge in [-0.15, -0.1) is 0 Å². The molecule has 0 aliphatic rings. The lowest BCUT2D eigenvalue weighted by Gasteiger charge is -2.12. The largest absolute Gasteiger partial charge is 0.477 e. The van der Waals surface area contributed by atoms with Gasteiger partial charge < -0.3 is 5.11 Å². The second-order valence-electron chi connectivity index (χ2n) is 2.48. The van der Waals surface area contributed by atoms with Gasteiger partial charge in [-0.25, -0.2) is 9.18 Å². The molecule has 1 N–H and O–H groups in total. The normalized spacial score (nSPS) is 11.4. The summed E-state index contributed by atoms with van der Waals surface area (Å²) in [6, 6.07) is 2.78. The van der Waals surface area contributed by atoms with Gasteiger partial charge in [0.05, 0.1) is 10.6 Å². The maximum atomic E-state index is 13.0. The molecule has 1 aromatic rings. The molecule has 2 nitrogen and oxygen atoms in total. The van der Waals surface area contributed by atoms with Crippen LogP contribution in [0.15, 0.2) is 18.2 Å². The second kappa shape index (κ2) is 3.49. The van der Waals surface area contributed by atoms with Crippen LogP contribution in [0.25, 0.3) is 0 Å². The zero-order valence-electron chi connectivity index (χ0n) is 6.60. The lowest BCUT2D eigenvalue weighted by Crippen LogP contribution is -2.26. The van der Waals surface area contributed by atoms with Gasteiger partial charge in [0.1, 0.15) is 0 Å². The van der Waals surface area contributed by atoms with Crippen molar-refractivity contribution in [3.8, 4) is 0 Å². The van der Waals surface area contributed by atoms with E-state index in [1.54, 1.807) is 0 Å². The lowest BCUT2D eigenvalue weighted by atomic mass is 10.1. The SMILES string of the molecule is O=C(O)C(F)(F)c1cccc(Cl)c1F. The van der Waals surface area contributed by atoms with E-state index >= 15 is 0 Å². The molecule has 76 valence electrons. The van der Waals surface area contributed by atoms with Crippen molar-refractivity contribution >= 4 is 17.6 Å². The van der Waals surface area contributed by atoms with Gasteiger partial charge in [-0.1, -0.05) is 17.7 Å². The summed E-state index contributed by atoms with van der Waals surface area (Å²) in [5.41, 5.74) is -1.24. The summed E-state index contributed by atoms with van der Waals surface area (Å²) < 4.78 is 38.6. The Labute approximate surface area is 81.9 Å². The third-order valence-corrected chi connectivity index (χ3v) is 1.85. The van der Waals surface area contributed by atoms with Crippen molar-refractivity contribution in [2.75, 3.05) is 0 Å². The molecule has 1 aromatic carbocycles. The number of carboxylic acid groups (broad SMARTS) is 1. The lowest BCUT2D eigenvalue weighted by molar-refractivity contribution is -0.166. The fourth-order valence-electron chi connectivity index (χ4n) is 0.861. The molecule has 0 heterocycles. The van der Waals surface area contributed by atoms with Crippen molar-refractivity contribution in [2.24, 2.45) is 0 Å². The number of carbonyl (C=O) groups is 1. The molecule has 0 unspecified atom stereocenters. The molecule has 0 bridgehead atoms. The van der Waals surface area contributed by atoms with Gasteiger partial charge in [0.15, 0.2) is 5.82 Å². The van der Waals surface area contributed by atoms with E-state index in [9.17, 15) is 18.0 Å². The highest BCUT2D eigenvalue weighted by Crippen LogP contribution is 2.32. The van der Waals surface area contributed by atoms with E-state index in [0.717, 1.165) is 12.1 Å². The number of halogens is 4. The number of rotatable bonds is 2. The molecule has 0 saturated heterocycles. The van der Waals surface area contributed by atoms with Crippen LogP contribution in [-0.4, -0.2) is 11.1 Å². The smallest absolute Gasteiger partial charge is 0.379 e. The van der Waals surface area contributed by atoms with Crippen LogP contribution in [-0.2, 0) is 10.7 Å². The number of hydrogen-bond acceptors (Lipinski definition) is 1. The molecule has 0 saturated carbocycles. The first-order valence-corrected chi connectivity index (χ1v) is 3.81. The Morgan fingerprint density at radius 3 is 2.50 bits per heavy atom. The topological polar surface area (TPSA) is 37.3 Å². The van der Waals surface area contributed by atoms with E-state index in [2.05, 4.69) is 0 Å². The first kappa shape index (κ1) is 10.8. The van der Waals surface area contributed by atoms with Crippen LogP contribution in [0.2, 0.25) is 5.02 Å². The fourth-order valence-corrected chi connectivity index (χ4v) is 1.04. The summed E-state index contributed by atoms with van der Waals surface area (Å²) in [6.45, 7) is 0. The molecule has 0 aliphatic heterocycles. The zero-order chi connectivity index (χ0) is 10.9. The third-order valence-electron chi connectivity index (χ3n) is 1.56. The van der Waals surface area contributed by atoms with Gasteiger partial charge in [-0.3, -0.25) is 0 Å². The first-order valence-electron chi connectivity index (χ1n) is 3.43. The van der Waals surface area contributed by atoms with Crippen molar-refractivity contribution in [2.45, 2.75) is 5.92 Å². The molecule has 14 heavy (non-hydrogen) atoms. The quantitative estimate of drug-likeness (QED) is 0.839. The maximum Gasteiger partial charge on any atom is 0.379 e. The van der Waals surface area contributed by atoms with Gasteiger partial charge in [-0.2, -0.15) is 8.78 Å². The molecule has 6 heteroatoms. The Kier molecular flexibility index (Phi) is 2.71. The molecule has 0 atom stereocenters. The molecule has 0 aliphatic carbocycles. The monoisotopic (exact) mass is 224 g/mol. The standard InChI is InChI=1S/C8H4ClF3O2/c9-5-3-1-2-4(6(5)10)8(11,12)7(13)14/h1-3H,(H,13,14). The minimum Gasteiger partial charge on any atom is -0.477 e. The number of benzene rings is 1. The van der Waals surface area contributed by atoms with Crippen LogP contribution >= 0.6 is 11.6 Å². The van der Waals surface area contributed by atoms with Crippen LogP contribution in [0, 0.1) is 5.82 Å². The van der Waals surface area contributed by atoms with E-state index in [0.29, 0.717) is 6.07 Å². The fraction of sp³-hybridized carbons (Fsp3) is 0.125. The van der Waals surface area contributed by atoms with Gasteiger partial charge in [0.2, 0.25) is 0 Å². The molecule has 0 amide bonds. The van der Waals surface area contributed by atoms with Gasteiger partial charge in [-0.05, 0) is 12.1 Å². The van der Waals surface area contributed by atoms with Crippen LogP contribution in [0.5, 0.6) is 0 Å². The maximum absolute atomic E-state index is 13.0. The van der Waals surface area contributed by atoms with Crippen molar-refractivity contribution in [3.63, 3.8) is 0 Å². The predicted molar refractivity (Wildman–Crippen MR) is 42.9 cm³/mol. The van der Waals surface area contributed by atoms with Crippen LogP contribution in [0.3, 0.4) is 0 Å². The second-order valence-corrected chi connectivity index (χ2v) is 2.89. The summed E-state index contributed by atoms with van der Waals surface area (Å²) in [7, 11) is 0. The molecular formula is C8H4ClF3O2. The van der Waals surface area contributed by atoms with Crippen molar-refractivity contribution in [1.29, 1.82) is 0 Å². The van der Waals surface area contributed by atoms with E-state index in [1.807, 2.05) is 0 Å². The van der Waals surface area contributed by atoms with E-state index in [-0.39, 0.29) is 0 Å². The van der Waals surface area contributed by atoms with Crippen LogP contribution < -0.4 is 0 Å². The van der Waals surface area contributed by atoms with Gasteiger partial charge in [0.25, 0.3) is 0 Å². The molecule has 0 fully saturated rings. The van der Waals surface area contributed by atoms with Gasteiger partial charge >= 0.3 is 11.9 Å². The molecule has 0 spiro atoms. The highest BCUT2D eigenvalue weighted by Gasteiger charge is 2.43. The average molecular weight is 225 g/mol. The molecule has 1 rings (SSSR count). The first-order chi connectivity index (χ1) is 6.37. The molecule has 0 radical (unpaired) electrons. The third kappa shape index (κ3) is 1.68. The number of alkyl halides is 2. The number of carboxylic acids is 1. The van der Waals surface area contributed by atoms with Crippen molar-refractivity contribution in [3.05, 3.63) is 34.6 Å². The minimum absolute atomic E-state index is 0.538. The highest BCUT2D eigenvalue weighted by atomic mass is 35.5. The molecular weight excluding hydrogens is 221 g/mol. The number of hydrogen-bond donors (Lipinski definition) is 1. The Hall–Kier alpha value is -1.23. The van der Waals surface area contributed by atoms with Crippen LogP contribution in [0.1, 0.15) is 5.56 Å². The Morgan fingerprint density at radius 2 is 2.00 bits per heavy atom. The van der Waals surface area contributed by atoms with E-state index in [4.69, 9.17) is 16.7 Å².